The predicted molar refractivity (Wildman–Crippen MR) is 135 cm³/mol. The van der Waals surface area contributed by atoms with Crippen molar-refractivity contribution < 1.29 is 23.8 Å². The molecule has 1 fully saturated rings. The van der Waals surface area contributed by atoms with E-state index in [2.05, 4.69) is 24.3 Å². The van der Waals surface area contributed by atoms with Crippen LogP contribution in [0, 0.1) is 17.8 Å². The van der Waals surface area contributed by atoms with Gasteiger partial charge in [-0.1, -0.05) is 74.5 Å². The number of nitrogens with zero attached hydrogens (tertiary/aromatic N) is 2. The minimum absolute atomic E-state index is 0.0431. The molecule has 0 bridgehead atoms. The van der Waals surface area contributed by atoms with Crippen LogP contribution in [-0.4, -0.2) is 57.1 Å². The summed E-state index contributed by atoms with van der Waals surface area (Å²) in [6.07, 6.45) is 3.52. The lowest BCUT2D eigenvalue weighted by Gasteiger charge is -2.42. The van der Waals surface area contributed by atoms with Gasteiger partial charge in [0.05, 0.1) is 20.3 Å². The SMILES string of the molecule is COC(=O)C(C(=O)OC)[C@H](/C=N/N1CCC[C@H]1C(OC)(c1ccccc1)c1ccccc1)C(C)C. The molecule has 35 heavy (non-hydrogen) atoms. The first-order chi connectivity index (χ1) is 16.9. The van der Waals surface area contributed by atoms with Crippen LogP contribution in [0.1, 0.15) is 37.8 Å². The van der Waals surface area contributed by atoms with Crippen LogP contribution in [0.4, 0.5) is 0 Å². The zero-order chi connectivity index (χ0) is 25.4. The second-order valence-electron chi connectivity index (χ2n) is 9.10. The molecule has 1 aliphatic rings. The molecule has 0 amide bonds. The highest BCUT2D eigenvalue weighted by Gasteiger charge is 2.47. The van der Waals surface area contributed by atoms with Crippen LogP contribution >= 0.6 is 0 Å². The number of esters is 2. The molecule has 0 saturated carbocycles. The highest BCUT2D eigenvalue weighted by atomic mass is 16.5. The van der Waals surface area contributed by atoms with Crippen molar-refractivity contribution in [2.45, 2.75) is 38.3 Å². The van der Waals surface area contributed by atoms with Crippen molar-refractivity contribution in [2.24, 2.45) is 22.9 Å². The van der Waals surface area contributed by atoms with Crippen LogP contribution in [0.5, 0.6) is 0 Å². The molecule has 7 nitrogen and oxygen atoms in total. The van der Waals surface area contributed by atoms with E-state index in [0.717, 1.165) is 30.5 Å². The smallest absolute Gasteiger partial charge is 0.320 e. The topological polar surface area (TPSA) is 77.4 Å². The number of ether oxygens (including phenoxy) is 3. The fourth-order valence-corrected chi connectivity index (χ4v) is 5.07. The molecule has 7 heteroatoms. The standard InChI is InChI=1S/C28H36N2O5/c1-20(2)23(25(26(31)33-3)27(32)34-4)19-29-30-18-12-17-24(30)28(35-5,21-13-8-6-9-14-21)22-15-10-7-11-16-22/h6-11,13-16,19-20,23-25H,12,17-18H2,1-5H3/b29-19+/t23-,24+/m1/s1. The summed E-state index contributed by atoms with van der Waals surface area (Å²) in [5.74, 6) is -2.86. The quantitative estimate of drug-likeness (QED) is 0.287. The zero-order valence-corrected chi connectivity index (χ0v) is 21.2. The Labute approximate surface area is 208 Å². The summed E-state index contributed by atoms with van der Waals surface area (Å²) in [6, 6.07) is 20.3. The maximum atomic E-state index is 12.5. The second-order valence-corrected chi connectivity index (χ2v) is 9.10. The van der Waals surface area contributed by atoms with E-state index in [0.29, 0.717) is 0 Å². The molecule has 1 saturated heterocycles. The van der Waals surface area contributed by atoms with E-state index in [-0.39, 0.29) is 12.0 Å². The number of hydrogen-bond donors (Lipinski definition) is 0. The summed E-state index contributed by atoms with van der Waals surface area (Å²) >= 11 is 0. The predicted octanol–water partition coefficient (Wildman–Crippen LogP) is 4.26. The molecule has 1 aliphatic heterocycles. The average molecular weight is 481 g/mol. The van der Waals surface area contributed by atoms with Crippen molar-refractivity contribution in [1.29, 1.82) is 0 Å². The number of hydrazone groups is 1. The molecule has 0 aromatic heterocycles. The van der Waals surface area contributed by atoms with Crippen LogP contribution in [0.25, 0.3) is 0 Å². The Morgan fingerprint density at radius 1 is 0.943 bits per heavy atom. The van der Waals surface area contributed by atoms with Crippen LogP contribution < -0.4 is 0 Å². The molecule has 2 atom stereocenters. The van der Waals surface area contributed by atoms with Gasteiger partial charge < -0.3 is 14.2 Å². The van der Waals surface area contributed by atoms with E-state index in [4.69, 9.17) is 19.3 Å². The lowest BCUT2D eigenvalue weighted by Crippen LogP contribution is -2.48. The molecule has 188 valence electrons. The average Bonchev–Trinajstić information content (AvgIpc) is 3.36. The van der Waals surface area contributed by atoms with Crippen molar-refractivity contribution in [1.82, 2.24) is 5.01 Å². The lowest BCUT2D eigenvalue weighted by atomic mass is 9.79. The van der Waals surface area contributed by atoms with Gasteiger partial charge in [0.2, 0.25) is 0 Å². The number of carbonyl (C=O) groups is 2. The molecule has 0 unspecified atom stereocenters. The number of benzene rings is 2. The van der Waals surface area contributed by atoms with Gasteiger partial charge in [0, 0.05) is 25.8 Å². The van der Waals surface area contributed by atoms with E-state index >= 15 is 0 Å². The first kappa shape index (κ1) is 26.4. The Morgan fingerprint density at radius 2 is 1.46 bits per heavy atom. The summed E-state index contributed by atoms with van der Waals surface area (Å²) in [4.78, 5) is 25.0. The van der Waals surface area contributed by atoms with E-state index in [1.165, 1.54) is 14.2 Å². The van der Waals surface area contributed by atoms with Gasteiger partial charge in [0.25, 0.3) is 0 Å². The second kappa shape index (κ2) is 12.0. The first-order valence-electron chi connectivity index (χ1n) is 12.0. The van der Waals surface area contributed by atoms with Gasteiger partial charge in [-0.25, -0.2) is 0 Å². The highest BCUT2D eigenvalue weighted by molar-refractivity contribution is 5.97. The largest absolute Gasteiger partial charge is 0.468 e. The molecule has 0 N–H and O–H groups in total. The molecule has 0 spiro atoms. The van der Waals surface area contributed by atoms with Gasteiger partial charge in [-0.05, 0) is 29.9 Å². The molecule has 2 aromatic carbocycles. The Bertz CT molecular complexity index is 937. The van der Waals surface area contributed by atoms with E-state index in [1.807, 2.05) is 55.3 Å². The van der Waals surface area contributed by atoms with Gasteiger partial charge in [0.1, 0.15) is 5.60 Å². The minimum Gasteiger partial charge on any atom is -0.468 e. The molecule has 0 radical (unpaired) electrons. The summed E-state index contributed by atoms with van der Waals surface area (Å²) in [5.41, 5.74) is 1.35. The van der Waals surface area contributed by atoms with Gasteiger partial charge >= 0.3 is 11.9 Å². The van der Waals surface area contributed by atoms with Crippen molar-refractivity contribution >= 4 is 18.2 Å². The van der Waals surface area contributed by atoms with Crippen molar-refractivity contribution in [3.63, 3.8) is 0 Å². The fraction of sp³-hybridized carbons (Fsp3) is 0.464. The maximum absolute atomic E-state index is 12.5. The summed E-state index contributed by atoms with van der Waals surface area (Å²) in [7, 11) is 4.29. The third-order valence-electron chi connectivity index (χ3n) is 6.87. The van der Waals surface area contributed by atoms with E-state index in [9.17, 15) is 9.59 Å². The van der Waals surface area contributed by atoms with Crippen LogP contribution in [0.2, 0.25) is 0 Å². The minimum atomic E-state index is -1.08. The molecular weight excluding hydrogens is 444 g/mol. The summed E-state index contributed by atoms with van der Waals surface area (Å²) in [6.45, 7) is 4.63. The Kier molecular flexibility index (Phi) is 9.04. The summed E-state index contributed by atoms with van der Waals surface area (Å²) in [5, 5.41) is 6.89. The van der Waals surface area contributed by atoms with Crippen molar-refractivity contribution in [2.75, 3.05) is 27.9 Å². The van der Waals surface area contributed by atoms with Crippen molar-refractivity contribution in [3.8, 4) is 0 Å². The third kappa shape index (κ3) is 5.40. The normalized spacial score (nSPS) is 17.2. The molecule has 0 aliphatic carbocycles. The van der Waals surface area contributed by atoms with Gasteiger partial charge in [0.15, 0.2) is 5.92 Å². The monoisotopic (exact) mass is 480 g/mol. The van der Waals surface area contributed by atoms with E-state index in [1.54, 1.807) is 13.3 Å². The van der Waals surface area contributed by atoms with Gasteiger partial charge in [-0.3, -0.25) is 14.6 Å². The zero-order valence-electron chi connectivity index (χ0n) is 21.2. The van der Waals surface area contributed by atoms with Gasteiger partial charge in [-0.2, -0.15) is 5.10 Å². The Hall–Kier alpha value is -3.19. The Balaban J connectivity index is 2.03. The Morgan fingerprint density at radius 3 is 1.89 bits per heavy atom. The van der Waals surface area contributed by atoms with Crippen LogP contribution in [0.3, 0.4) is 0 Å². The first-order valence-corrected chi connectivity index (χ1v) is 12.0. The van der Waals surface area contributed by atoms with Crippen LogP contribution in [-0.2, 0) is 29.4 Å². The fourth-order valence-electron chi connectivity index (χ4n) is 5.07. The van der Waals surface area contributed by atoms with Gasteiger partial charge in [-0.15, -0.1) is 0 Å². The number of rotatable bonds is 10. The lowest BCUT2D eigenvalue weighted by molar-refractivity contribution is -0.161. The molecule has 2 aromatic rings. The highest BCUT2D eigenvalue weighted by Crippen LogP contribution is 2.43. The van der Waals surface area contributed by atoms with Crippen LogP contribution in [0.15, 0.2) is 65.8 Å². The van der Waals surface area contributed by atoms with E-state index < -0.39 is 29.4 Å². The molecule has 3 rings (SSSR count). The molecular formula is C28H36N2O5. The number of methoxy groups -OCH3 is 3. The third-order valence-corrected chi connectivity index (χ3v) is 6.87. The van der Waals surface area contributed by atoms with Crippen molar-refractivity contribution in [3.05, 3.63) is 71.8 Å². The number of carbonyl (C=O) groups excluding carboxylic acids is 2. The number of hydrogen-bond acceptors (Lipinski definition) is 7. The maximum Gasteiger partial charge on any atom is 0.320 e. The summed E-state index contributed by atoms with van der Waals surface area (Å²) < 4.78 is 16.2. The molecule has 1 heterocycles.